The Morgan fingerprint density at radius 1 is 1.28 bits per heavy atom. The van der Waals surface area contributed by atoms with Gasteiger partial charge in [0.2, 0.25) is 0 Å². The maximum Gasteiger partial charge on any atom is 0.290 e. The molecule has 25 heavy (non-hydrogen) atoms. The van der Waals surface area contributed by atoms with Crippen LogP contribution in [0, 0.1) is 5.41 Å². The SMILES string of the molecule is CC(C)(C)C(=O)C1=C(O)C(=O)N(Cc2ccco2)C1c1ccncc1. The summed E-state index contributed by atoms with van der Waals surface area (Å²) in [6.45, 7) is 5.44. The van der Waals surface area contributed by atoms with E-state index in [2.05, 4.69) is 4.98 Å². The Labute approximate surface area is 145 Å². The first-order valence-electron chi connectivity index (χ1n) is 8.02. The molecule has 2 aromatic heterocycles. The van der Waals surface area contributed by atoms with Gasteiger partial charge in [-0.15, -0.1) is 0 Å². The minimum absolute atomic E-state index is 0.121. The van der Waals surface area contributed by atoms with Crippen LogP contribution in [0.3, 0.4) is 0 Å². The van der Waals surface area contributed by atoms with Crippen LogP contribution in [0.2, 0.25) is 0 Å². The lowest BCUT2D eigenvalue weighted by molar-refractivity contribution is -0.130. The molecule has 2 aromatic rings. The van der Waals surface area contributed by atoms with Gasteiger partial charge in [0.05, 0.1) is 24.4 Å². The molecule has 0 fully saturated rings. The first-order chi connectivity index (χ1) is 11.8. The van der Waals surface area contributed by atoms with Crippen LogP contribution >= 0.6 is 0 Å². The Kier molecular flexibility index (Phi) is 4.20. The Hall–Kier alpha value is -2.89. The van der Waals surface area contributed by atoms with E-state index >= 15 is 0 Å². The predicted molar refractivity (Wildman–Crippen MR) is 90.4 cm³/mol. The fraction of sp³-hybridized carbons (Fsp3) is 0.316. The standard InChI is InChI=1S/C19H20N2O4/c1-19(2,3)17(23)14-15(12-6-8-20-9-7-12)21(18(24)16(14)22)11-13-5-4-10-25-13/h4-10,15,22H,11H2,1-3H3. The third kappa shape index (κ3) is 3.07. The van der Waals surface area contributed by atoms with Gasteiger partial charge in [-0.3, -0.25) is 14.6 Å². The van der Waals surface area contributed by atoms with Crippen LogP contribution in [-0.4, -0.2) is 26.7 Å². The second-order valence-corrected chi connectivity index (χ2v) is 7.04. The first kappa shape index (κ1) is 17.0. The number of aliphatic hydroxyl groups excluding tert-OH is 1. The summed E-state index contributed by atoms with van der Waals surface area (Å²) < 4.78 is 5.33. The van der Waals surface area contributed by atoms with Gasteiger partial charge in [-0.25, -0.2) is 0 Å². The van der Waals surface area contributed by atoms with E-state index in [0.29, 0.717) is 11.3 Å². The van der Waals surface area contributed by atoms with Crippen molar-refractivity contribution >= 4 is 11.7 Å². The largest absolute Gasteiger partial charge is 0.503 e. The van der Waals surface area contributed by atoms with Gasteiger partial charge in [0.15, 0.2) is 11.5 Å². The molecule has 3 heterocycles. The van der Waals surface area contributed by atoms with Crippen molar-refractivity contribution in [2.45, 2.75) is 33.4 Å². The summed E-state index contributed by atoms with van der Waals surface area (Å²) in [4.78, 5) is 31.0. The van der Waals surface area contributed by atoms with E-state index in [1.165, 1.54) is 11.2 Å². The molecule has 0 saturated carbocycles. The number of hydrogen-bond acceptors (Lipinski definition) is 5. The number of amides is 1. The highest BCUT2D eigenvalue weighted by molar-refractivity contribution is 6.10. The number of carbonyl (C=O) groups excluding carboxylic acids is 2. The quantitative estimate of drug-likeness (QED) is 0.924. The van der Waals surface area contributed by atoms with Crippen molar-refractivity contribution < 1.29 is 19.1 Å². The molecule has 1 N–H and O–H groups in total. The van der Waals surface area contributed by atoms with Crippen LogP contribution < -0.4 is 0 Å². The third-order valence-corrected chi connectivity index (χ3v) is 4.16. The molecule has 1 unspecified atom stereocenters. The lowest BCUT2D eigenvalue weighted by Gasteiger charge is -2.28. The molecular weight excluding hydrogens is 320 g/mol. The van der Waals surface area contributed by atoms with Crippen molar-refractivity contribution in [1.29, 1.82) is 0 Å². The molecule has 0 spiro atoms. The van der Waals surface area contributed by atoms with Crippen molar-refractivity contribution in [3.63, 3.8) is 0 Å². The second-order valence-electron chi connectivity index (χ2n) is 7.04. The number of Topliss-reactive ketones (excluding diaryl/α,β-unsaturated/α-hetero) is 1. The normalized spacial score (nSPS) is 18.1. The van der Waals surface area contributed by atoms with Crippen LogP contribution in [0.1, 0.15) is 38.1 Å². The van der Waals surface area contributed by atoms with Gasteiger partial charge in [-0.1, -0.05) is 20.8 Å². The first-order valence-corrected chi connectivity index (χ1v) is 8.02. The number of hydrogen-bond donors (Lipinski definition) is 1. The molecule has 3 rings (SSSR count). The van der Waals surface area contributed by atoms with Crippen molar-refractivity contribution in [1.82, 2.24) is 9.88 Å². The van der Waals surface area contributed by atoms with Crippen molar-refractivity contribution in [2.75, 3.05) is 0 Å². The fourth-order valence-corrected chi connectivity index (χ4v) is 2.92. The monoisotopic (exact) mass is 340 g/mol. The van der Waals surface area contributed by atoms with Crippen molar-refractivity contribution in [3.05, 3.63) is 65.6 Å². The number of aromatic nitrogens is 1. The van der Waals surface area contributed by atoms with E-state index in [-0.39, 0.29) is 17.9 Å². The van der Waals surface area contributed by atoms with Crippen molar-refractivity contribution in [2.24, 2.45) is 5.41 Å². The molecule has 0 aliphatic carbocycles. The molecule has 130 valence electrons. The van der Waals surface area contributed by atoms with Crippen LogP contribution in [-0.2, 0) is 16.1 Å². The maximum atomic E-state index is 12.9. The number of carbonyl (C=O) groups is 2. The fourth-order valence-electron chi connectivity index (χ4n) is 2.92. The average molecular weight is 340 g/mol. The van der Waals surface area contributed by atoms with Gasteiger partial charge >= 0.3 is 0 Å². The molecule has 0 bridgehead atoms. The molecule has 6 heteroatoms. The Morgan fingerprint density at radius 2 is 1.96 bits per heavy atom. The number of furan rings is 1. The molecule has 1 amide bonds. The van der Waals surface area contributed by atoms with E-state index in [4.69, 9.17) is 4.42 Å². The topological polar surface area (TPSA) is 83.6 Å². The number of rotatable bonds is 4. The summed E-state index contributed by atoms with van der Waals surface area (Å²) in [6, 6.07) is 6.28. The minimum atomic E-state index is -0.727. The number of nitrogens with zero attached hydrogens (tertiary/aromatic N) is 2. The highest BCUT2D eigenvalue weighted by Gasteiger charge is 2.46. The number of pyridine rings is 1. The summed E-state index contributed by atoms with van der Waals surface area (Å²) in [7, 11) is 0. The van der Waals surface area contributed by atoms with E-state index in [1.807, 2.05) is 0 Å². The van der Waals surface area contributed by atoms with Crippen LogP contribution in [0.5, 0.6) is 0 Å². The van der Waals surface area contributed by atoms with Gasteiger partial charge in [0.1, 0.15) is 5.76 Å². The second kappa shape index (κ2) is 6.20. The summed E-state index contributed by atoms with van der Waals surface area (Å²) in [5.74, 6) is -0.758. The van der Waals surface area contributed by atoms with Crippen LogP contribution in [0.4, 0.5) is 0 Å². The molecule has 1 aliphatic heterocycles. The Bertz CT molecular complexity index is 817. The van der Waals surface area contributed by atoms with E-state index in [0.717, 1.165) is 0 Å². The summed E-state index contributed by atoms with van der Waals surface area (Å²) >= 11 is 0. The Morgan fingerprint density at radius 3 is 2.52 bits per heavy atom. The van der Waals surface area contributed by atoms with E-state index < -0.39 is 23.1 Å². The molecule has 1 aliphatic rings. The minimum Gasteiger partial charge on any atom is -0.503 e. The maximum absolute atomic E-state index is 12.9. The highest BCUT2D eigenvalue weighted by atomic mass is 16.3. The smallest absolute Gasteiger partial charge is 0.290 e. The molecule has 1 atom stereocenters. The Balaban J connectivity index is 2.08. The number of aliphatic hydroxyl groups is 1. The molecule has 0 saturated heterocycles. The van der Waals surface area contributed by atoms with Gasteiger partial charge in [0.25, 0.3) is 5.91 Å². The van der Waals surface area contributed by atoms with Gasteiger partial charge in [0, 0.05) is 17.8 Å². The zero-order valence-electron chi connectivity index (χ0n) is 14.4. The summed E-state index contributed by atoms with van der Waals surface area (Å²) in [5.41, 5.74) is 0.108. The van der Waals surface area contributed by atoms with E-state index in [9.17, 15) is 14.7 Å². The lowest BCUT2D eigenvalue weighted by atomic mass is 9.82. The van der Waals surface area contributed by atoms with Gasteiger partial charge in [-0.05, 0) is 29.8 Å². The van der Waals surface area contributed by atoms with Crippen LogP contribution in [0.25, 0.3) is 0 Å². The molecule has 0 aromatic carbocycles. The number of ketones is 1. The molecule has 0 radical (unpaired) electrons. The molecular formula is C19H20N2O4. The van der Waals surface area contributed by atoms with Crippen LogP contribution in [0.15, 0.2) is 58.7 Å². The lowest BCUT2D eigenvalue weighted by Crippen LogP contribution is -2.32. The molecule has 6 nitrogen and oxygen atoms in total. The van der Waals surface area contributed by atoms with E-state index in [1.54, 1.807) is 57.4 Å². The summed E-state index contributed by atoms with van der Waals surface area (Å²) in [6.07, 6.45) is 4.71. The zero-order valence-corrected chi connectivity index (χ0v) is 14.4. The summed E-state index contributed by atoms with van der Waals surface area (Å²) in [5, 5.41) is 10.4. The van der Waals surface area contributed by atoms with Crippen molar-refractivity contribution in [3.8, 4) is 0 Å². The zero-order chi connectivity index (χ0) is 18.2. The average Bonchev–Trinajstić information content (AvgIpc) is 3.16. The predicted octanol–water partition coefficient (Wildman–Crippen LogP) is 3.19. The van der Waals surface area contributed by atoms with Gasteiger partial charge in [-0.2, -0.15) is 0 Å². The highest BCUT2D eigenvalue weighted by Crippen LogP contribution is 2.41. The van der Waals surface area contributed by atoms with Gasteiger partial charge < -0.3 is 14.4 Å². The third-order valence-electron chi connectivity index (χ3n) is 4.16.